The molecular formula is C19H18ClN7. The molecule has 7 nitrogen and oxygen atoms in total. The van der Waals surface area contributed by atoms with Gasteiger partial charge in [0.2, 0.25) is 5.82 Å². The summed E-state index contributed by atoms with van der Waals surface area (Å²) in [5.74, 6) is 0.495. The molecule has 0 fully saturated rings. The first-order valence-electron chi connectivity index (χ1n) is 8.58. The molecule has 0 atom stereocenters. The van der Waals surface area contributed by atoms with Crippen LogP contribution in [0, 0.1) is 0 Å². The van der Waals surface area contributed by atoms with Gasteiger partial charge >= 0.3 is 0 Å². The number of hydrogen-bond acceptors (Lipinski definition) is 5. The molecule has 0 aliphatic carbocycles. The Hall–Kier alpha value is -3.03. The van der Waals surface area contributed by atoms with Crippen LogP contribution in [0.15, 0.2) is 61.1 Å². The molecule has 4 rings (SSSR count). The predicted octanol–water partition coefficient (Wildman–Crippen LogP) is 2.76. The van der Waals surface area contributed by atoms with Crippen molar-refractivity contribution in [3.05, 3.63) is 72.3 Å². The molecule has 0 aliphatic rings. The van der Waals surface area contributed by atoms with Crippen molar-refractivity contribution < 1.29 is 0 Å². The van der Waals surface area contributed by atoms with E-state index in [1.54, 1.807) is 0 Å². The Bertz CT molecular complexity index is 1040. The molecule has 8 heteroatoms. The van der Waals surface area contributed by atoms with Crippen molar-refractivity contribution in [1.82, 2.24) is 29.3 Å². The molecule has 2 heterocycles. The Kier molecular flexibility index (Phi) is 4.95. The van der Waals surface area contributed by atoms with Crippen LogP contribution in [-0.2, 0) is 13.0 Å². The average Bonchev–Trinajstić information content (AvgIpc) is 3.32. The second-order valence-electron chi connectivity index (χ2n) is 6.15. The summed E-state index contributed by atoms with van der Waals surface area (Å²) in [5.41, 5.74) is 11.0. The van der Waals surface area contributed by atoms with E-state index in [1.807, 2.05) is 36.8 Å². The number of hydrogen-bond donors (Lipinski definition) is 1. The lowest BCUT2D eigenvalue weighted by atomic mass is 9.98. The van der Waals surface area contributed by atoms with Crippen LogP contribution in [0.4, 0.5) is 0 Å². The normalized spacial score (nSPS) is 11.0. The van der Waals surface area contributed by atoms with Gasteiger partial charge in [-0.05, 0) is 28.4 Å². The number of tetrazole rings is 1. The third-order valence-corrected chi connectivity index (χ3v) is 4.52. The summed E-state index contributed by atoms with van der Waals surface area (Å²) in [6.45, 7) is 1.38. The van der Waals surface area contributed by atoms with Gasteiger partial charge in [-0.2, -0.15) is 0 Å². The SMILES string of the molecule is NCCc1cncn1Cc1ccc(-c2ccccc2-c2nnn(Cl)n2)cc1. The highest BCUT2D eigenvalue weighted by Gasteiger charge is 2.12. The minimum atomic E-state index is 0.495. The van der Waals surface area contributed by atoms with Gasteiger partial charge in [-0.25, -0.2) is 4.98 Å². The summed E-state index contributed by atoms with van der Waals surface area (Å²) in [5, 5.41) is 11.8. The average molecular weight is 380 g/mol. The fraction of sp³-hybridized carbons (Fsp3) is 0.158. The quantitative estimate of drug-likeness (QED) is 0.556. The minimum Gasteiger partial charge on any atom is -0.330 e. The van der Waals surface area contributed by atoms with Crippen LogP contribution in [0.25, 0.3) is 22.5 Å². The van der Waals surface area contributed by atoms with Gasteiger partial charge in [0.25, 0.3) is 0 Å². The summed E-state index contributed by atoms with van der Waals surface area (Å²) < 4.78 is 3.07. The number of aromatic nitrogens is 6. The molecule has 2 N–H and O–H groups in total. The Labute approximate surface area is 161 Å². The van der Waals surface area contributed by atoms with Gasteiger partial charge in [0.1, 0.15) is 0 Å². The van der Waals surface area contributed by atoms with Crippen molar-refractivity contribution in [3.63, 3.8) is 0 Å². The molecule has 0 radical (unpaired) electrons. The Morgan fingerprint density at radius 2 is 1.78 bits per heavy atom. The summed E-state index contributed by atoms with van der Waals surface area (Å²) >= 11 is 5.75. The lowest BCUT2D eigenvalue weighted by Crippen LogP contribution is -2.09. The van der Waals surface area contributed by atoms with E-state index in [2.05, 4.69) is 49.2 Å². The largest absolute Gasteiger partial charge is 0.330 e. The van der Waals surface area contributed by atoms with Crippen LogP contribution in [-0.4, -0.2) is 35.8 Å². The third-order valence-electron chi connectivity index (χ3n) is 4.38. The zero-order valence-electron chi connectivity index (χ0n) is 14.5. The van der Waals surface area contributed by atoms with Crippen molar-refractivity contribution in [1.29, 1.82) is 0 Å². The van der Waals surface area contributed by atoms with E-state index >= 15 is 0 Å². The highest BCUT2D eigenvalue weighted by molar-refractivity contribution is 6.14. The predicted molar refractivity (Wildman–Crippen MR) is 104 cm³/mol. The van der Waals surface area contributed by atoms with Gasteiger partial charge in [-0.3, -0.25) is 0 Å². The van der Waals surface area contributed by atoms with Crippen LogP contribution in [0.2, 0.25) is 0 Å². The Morgan fingerprint density at radius 3 is 2.48 bits per heavy atom. The maximum atomic E-state index is 5.75. The first-order valence-corrected chi connectivity index (χ1v) is 8.92. The van der Waals surface area contributed by atoms with E-state index in [4.69, 9.17) is 17.5 Å². The van der Waals surface area contributed by atoms with Crippen LogP contribution < -0.4 is 5.73 Å². The van der Waals surface area contributed by atoms with Gasteiger partial charge in [-0.15, -0.1) is 10.2 Å². The molecule has 2 aromatic carbocycles. The van der Waals surface area contributed by atoms with Crippen molar-refractivity contribution >= 4 is 11.8 Å². The minimum absolute atomic E-state index is 0.495. The third kappa shape index (κ3) is 3.74. The van der Waals surface area contributed by atoms with Gasteiger partial charge in [0.05, 0.1) is 18.1 Å². The van der Waals surface area contributed by atoms with Crippen molar-refractivity contribution in [2.75, 3.05) is 6.54 Å². The van der Waals surface area contributed by atoms with Crippen molar-refractivity contribution in [2.45, 2.75) is 13.0 Å². The lowest BCUT2D eigenvalue weighted by molar-refractivity contribution is 0.733. The molecule has 0 unspecified atom stereocenters. The molecular weight excluding hydrogens is 362 g/mol. The first kappa shape index (κ1) is 17.4. The molecule has 0 amide bonds. The van der Waals surface area contributed by atoms with E-state index in [0.29, 0.717) is 12.4 Å². The number of halogens is 1. The van der Waals surface area contributed by atoms with Crippen molar-refractivity contribution in [3.8, 4) is 22.5 Å². The molecule has 0 spiro atoms. The summed E-state index contributed by atoms with van der Waals surface area (Å²) in [6, 6.07) is 16.4. The smallest absolute Gasteiger partial charge is 0.207 e. The number of rotatable bonds is 6. The van der Waals surface area contributed by atoms with Gasteiger partial charge in [-0.1, -0.05) is 52.8 Å². The van der Waals surface area contributed by atoms with Crippen LogP contribution in [0.3, 0.4) is 0 Å². The monoisotopic (exact) mass is 379 g/mol. The van der Waals surface area contributed by atoms with E-state index < -0.39 is 0 Å². The standard InChI is InChI=1S/C19H18ClN7/c20-27-24-19(23-25-27)18-4-2-1-3-17(18)15-7-5-14(6-8-15)12-26-13-22-11-16(26)9-10-21/h1-8,11,13H,9-10,12,21H2. The molecule has 0 aliphatic heterocycles. The second kappa shape index (κ2) is 7.69. The topological polar surface area (TPSA) is 87.4 Å². The molecule has 136 valence electrons. The first-order chi connectivity index (χ1) is 13.2. The van der Waals surface area contributed by atoms with Crippen LogP contribution in [0.1, 0.15) is 11.3 Å². The van der Waals surface area contributed by atoms with E-state index in [9.17, 15) is 0 Å². The second-order valence-corrected chi connectivity index (χ2v) is 6.45. The van der Waals surface area contributed by atoms with Gasteiger partial charge in [0, 0.05) is 30.4 Å². The van der Waals surface area contributed by atoms with Crippen LogP contribution in [0.5, 0.6) is 0 Å². The molecule has 4 aromatic rings. The summed E-state index contributed by atoms with van der Waals surface area (Å²) in [4.78, 5) is 4.22. The molecule has 0 bridgehead atoms. The zero-order valence-corrected chi connectivity index (χ0v) is 15.3. The molecule has 0 saturated carbocycles. The highest BCUT2D eigenvalue weighted by Crippen LogP contribution is 2.30. The molecule has 27 heavy (non-hydrogen) atoms. The fourth-order valence-electron chi connectivity index (χ4n) is 3.07. The maximum absolute atomic E-state index is 5.75. The van der Waals surface area contributed by atoms with Gasteiger partial charge < -0.3 is 10.3 Å². The summed E-state index contributed by atoms with van der Waals surface area (Å²) in [7, 11) is 0. The van der Waals surface area contributed by atoms with E-state index in [1.165, 1.54) is 5.56 Å². The van der Waals surface area contributed by atoms with Gasteiger partial charge in [0.15, 0.2) is 0 Å². The van der Waals surface area contributed by atoms with E-state index in [0.717, 1.165) is 39.7 Å². The zero-order chi connectivity index (χ0) is 18.6. The Morgan fingerprint density at radius 1 is 1.00 bits per heavy atom. The Balaban J connectivity index is 1.61. The number of benzene rings is 2. The van der Waals surface area contributed by atoms with E-state index in [-0.39, 0.29) is 0 Å². The number of nitrogens with two attached hydrogens (primary N) is 1. The number of imidazole rings is 1. The van der Waals surface area contributed by atoms with Crippen molar-refractivity contribution in [2.24, 2.45) is 5.73 Å². The highest BCUT2D eigenvalue weighted by atomic mass is 35.5. The summed E-state index contributed by atoms with van der Waals surface area (Å²) in [6.07, 6.45) is 4.53. The lowest BCUT2D eigenvalue weighted by Gasteiger charge is -2.10. The molecule has 0 saturated heterocycles. The fourth-order valence-corrected chi connectivity index (χ4v) is 3.17. The maximum Gasteiger partial charge on any atom is 0.207 e. The number of nitrogens with zero attached hydrogens (tertiary/aromatic N) is 6. The molecule has 2 aromatic heterocycles. The van der Waals surface area contributed by atoms with Crippen LogP contribution >= 0.6 is 11.8 Å².